The summed E-state index contributed by atoms with van der Waals surface area (Å²) in [6.07, 6.45) is 1.42. The first-order valence-electron chi connectivity index (χ1n) is 6.96. The molecule has 5 nitrogen and oxygen atoms in total. The minimum Gasteiger partial charge on any atom is -0.508 e. The number of aromatic hydroxyl groups is 2. The number of rotatable bonds is 3. The highest BCUT2D eigenvalue weighted by Gasteiger charge is 2.35. The van der Waals surface area contributed by atoms with Crippen LogP contribution in [0.15, 0.2) is 47.4 Å². The number of halogens is 1. The van der Waals surface area contributed by atoms with E-state index in [1.165, 1.54) is 30.3 Å². The van der Waals surface area contributed by atoms with Crippen LogP contribution in [0.4, 0.5) is 9.18 Å². The van der Waals surface area contributed by atoms with Crippen molar-refractivity contribution in [3.63, 3.8) is 0 Å². The zero-order chi connectivity index (χ0) is 17.3. The molecule has 0 spiro atoms. The number of phenolic OH excluding ortho intramolecular Hbond substituents is 2. The van der Waals surface area contributed by atoms with Gasteiger partial charge in [0.25, 0.3) is 11.1 Å². The molecule has 1 aliphatic heterocycles. The summed E-state index contributed by atoms with van der Waals surface area (Å²) in [5.74, 6) is -1.71. The Balaban J connectivity index is 1.83. The molecule has 2 aromatic carbocycles. The predicted octanol–water partition coefficient (Wildman–Crippen LogP) is 3.47. The molecule has 0 atom stereocenters. The Bertz CT molecular complexity index is 865. The molecule has 122 valence electrons. The van der Waals surface area contributed by atoms with Crippen molar-refractivity contribution in [2.75, 3.05) is 0 Å². The molecule has 0 bridgehead atoms. The van der Waals surface area contributed by atoms with E-state index < -0.39 is 22.7 Å². The van der Waals surface area contributed by atoms with E-state index >= 15 is 0 Å². The Labute approximate surface area is 141 Å². The average molecular weight is 345 g/mol. The summed E-state index contributed by atoms with van der Waals surface area (Å²) in [7, 11) is 0. The monoisotopic (exact) mass is 345 g/mol. The molecule has 1 aliphatic rings. The second kappa shape index (κ2) is 6.37. The van der Waals surface area contributed by atoms with Gasteiger partial charge < -0.3 is 10.2 Å². The van der Waals surface area contributed by atoms with E-state index in [9.17, 15) is 24.2 Å². The number of hydrogen-bond donors (Lipinski definition) is 2. The van der Waals surface area contributed by atoms with Crippen molar-refractivity contribution in [2.24, 2.45) is 0 Å². The van der Waals surface area contributed by atoms with Crippen LogP contribution in [-0.4, -0.2) is 26.3 Å². The highest BCUT2D eigenvalue weighted by molar-refractivity contribution is 8.18. The lowest BCUT2D eigenvalue weighted by Crippen LogP contribution is -2.27. The lowest BCUT2D eigenvalue weighted by Gasteiger charge is -2.12. The number of carbonyl (C=O) groups excluding carboxylic acids is 2. The molecule has 0 aliphatic carbocycles. The number of phenols is 2. The summed E-state index contributed by atoms with van der Waals surface area (Å²) in [4.78, 5) is 25.7. The fourth-order valence-corrected chi connectivity index (χ4v) is 3.08. The lowest BCUT2D eigenvalue weighted by molar-refractivity contribution is -0.123. The number of hydrogen-bond acceptors (Lipinski definition) is 5. The third-order valence-corrected chi connectivity index (χ3v) is 4.30. The molecule has 1 saturated heterocycles. The molecule has 7 heteroatoms. The molecule has 2 aromatic rings. The maximum Gasteiger partial charge on any atom is 0.293 e. The van der Waals surface area contributed by atoms with Crippen molar-refractivity contribution in [1.29, 1.82) is 0 Å². The number of benzene rings is 2. The van der Waals surface area contributed by atoms with Crippen molar-refractivity contribution in [1.82, 2.24) is 4.90 Å². The molecule has 2 N–H and O–H groups in total. The maximum absolute atomic E-state index is 13.1. The van der Waals surface area contributed by atoms with Gasteiger partial charge in [-0.25, -0.2) is 4.39 Å². The largest absolute Gasteiger partial charge is 0.508 e. The van der Waals surface area contributed by atoms with Crippen LogP contribution in [0, 0.1) is 5.82 Å². The van der Waals surface area contributed by atoms with E-state index in [-0.39, 0.29) is 17.2 Å². The van der Waals surface area contributed by atoms with Crippen molar-refractivity contribution in [2.45, 2.75) is 6.54 Å². The highest BCUT2D eigenvalue weighted by Crippen LogP contribution is 2.34. The van der Waals surface area contributed by atoms with Crippen LogP contribution < -0.4 is 0 Å². The third kappa shape index (κ3) is 3.26. The molecule has 3 rings (SSSR count). The molecule has 0 radical (unpaired) electrons. The van der Waals surface area contributed by atoms with Gasteiger partial charge in [-0.15, -0.1) is 0 Å². The second-order valence-corrected chi connectivity index (χ2v) is 6.14. The first-order chi connectivity index (χ1) is 11.4. The van der Waals surface area contributed by atoms with Crippen molar-refractivity contribution in [3.05, 3.63) is 64.3 Å². The Morgan fingerprint density at radius 3 is 2.62 bits per heavy atom. The number of nitrogens with zero attached hydrogens (tertiary/aromatic N) is 1. The molecular formula is C17H12FNO4S. The molecule has 2 amide bonds. The van der Waals surface area contributed by atoms with Crippen LogP contribution >= 0.6 is 11.8 Å². The first-order valence-corrected chi connectivity index (χ1v) is 7.77. The van der Waals surface area contributed by atoms with Gasteiger partial charge in [0.1, 0.15) is 5.75 Å². The van der Waals surface area contributed by atoms with Gasteiger partial charge in [0.2, 0.25) is 0 Å². The van der Waals surface area contributed by atoms with Crippen LogP contribution in [0.2, 0.25) is 0 Å². The predicted molar refractivity (Wildman–Crippen MR) is 87.7 cm³/mol. The van der Waals surface area contributed by atoms with Crippen molar-refractivity contribution < 1.29 is 24.2 Å². The lowest BCUT2D eigenvalue weighted by atomic mass is 10.2. The summed E-state index contributed by atoms with van der Waals surface area (Å²) >= 11 is 0.771. The molecule has 1 heterocycles. The first kappa shape index (κ1) is 16.1. The summed E-state index contributed by atoms with van der Waals surface area (Å²) in [5, 5.41) is 18.4. The van der Waals surface area contributed by atoms with E-state index in [1.807, 2.05) is 0 Å². The fraction of sp³-hybridized carbons (Fsp3) is 0.0588. The van der Waals surface area contributed by atoms with E-state index in [2.05, 4.69) is 0 Å². The fourth-order valence-electron chi connectivity index (χ4n) is 2.24. The molecule has 1 fully saturated rings. The van der Waals surface area contributed by atoms with Gasteiger partial charge in [0, 0.05) is 0 Å². The molecule has 0 saturated carbocycles. The van der Waals surface area contributed by atoms with Crippen LogP contribution in [-0.2, 0) is 11.3 Å². The quantitative estimate of drug-likeness (QED) is 0.833. The van der Waals surface area contributed by atoms with E-state index in [0.29, 0.717) is 11.1 Å². The topological polar surface area (TPSA) is 77.8 Å². The average Bonchev–Trinajstić information content (AvgIpc) is 2.79. The second-order valence-electron chi connectivity index (χ2n) is 5.15. The molecule has 0 unspecified atom stereocenters. The third-order valence-electron chi connectivity index (χ3n) is 3.39. The van der Waals surface area contributed by atoms with Gasteiger partial charge in [0.15, 0.2) is 11.6 Å². The molecular weight excluding hydrogens is 333 g/mol. The van der Waals surface area contributed by atoms with Gasteiger partial charge in [-0.1, -0.05) is 18.2 Å². The summed E-state index contributed by atoms with van der Waals surface area (Å²) in [5.41, 5.74) is 1.04. The summed E-state index contributed by atoms with van der Waals surface area (Å²) < 4.78 is 13.1. The Morgan fingerprint density at radius 2 is 1.92 bits per heavy atom. The standard InChI is InChI=1S/C17H12FNO4S/c18-13-5-4-10(7-14(13)21)8-15-16(22)19(17(23)24-15)9-11-2-1-3-12(20)6-11/h1-8,20-21H,9H2. The minimum atomic E-state index is -0.760. The van der Waals surface area contributed by atoms with E-state index in [1.54, 1.807) is 12.1 Å². The number of carbonyl (C=O) groups is 2. The van der Waals surface area contributed by atoms with E-state index in [4.69, 9.17) is 0 Å². The zero-order valence-electron chi connectivity index (χ0n) is 12.3. The van der Waals surface area contributed by atoms with Crippen LogP contribution in [0.25, 0.3) is 6.08 Å². The van der Waals surface area contributed by atoms with Crippen LogP contribution in [0.5, 0.6) is 11.5 Å². The zero-order valence-corrected chi connectivity index (χ0v) is 13.1. The van der Waals surface area contributed by atoms with Gasteiger partial charge in [-0.05, 0) is 53.2 Å². The molecule has 0 aromatic heterocycles. The number of imide groups is 1. The maximum atomic E-state index is 13.1. The minimum absolute atomic E-state index is 0.0467. The molecule has 24 heavy (non-hydrogen) atoms. The Kier molecular flexibility index (Phi) is 4.26. The Morgan fingerprint density at radius 1 is 1.12 bits per heavy atom. The Hall–Kier alpha value is -2.80. The smallest absolute Gasteiger partial charge is 0.293 e. The van der Waals surface area contributed by atoms with Crippen LogP contribution in [0.3, 0.4) is 0 Å². The highest BCUT2D eigenvalue weighted by atomic mass is 32.2. The summed E-state index contributed by atoms with van der Waals surface area (Å²) in [6.45, 7) is 0.0467. The van der Waals surface area contributed by atoms with E-state index in [0.717, 1.165) is 22.7 Å². The van der Waals surface area contributed by atoms with Gasteiger partial charge in [0.05, 0.1) is 11.4 Å². The van der Waals surface area contributed by atoms with Gasteiger partial charge >= 0.3 is 0 Å². The van der Waals surface area contributed by atoms with Gasteiger partial charge in [-0.2, -0.15) is 0 Å². The van der Waals surface area contributed by atoms with Gasteiger partial charge in [-0.3, -0.25) is 14.5 Å². The van der Waals surface area contributed by atoms with Crippen molar-refractivity contribution >= 4 is 29.0 Å². The van der Waals surface area contributed by atoms with Crippen LogP contribution in [0.1, 0.15) is 11.1 Å². The normalized spacial score (nSPS) is 16.2. The SMILES string of the molecule is O=C1SC(=Cc2ccc(F)c(O)c2)C(=O)N1Cc1cccc(O)c1. The summed E-state index contributed by atoms with van der Waals surface area (Å²) in [6, 6.07) is 9.96. The number of amides is 2. The van der Waals surface area contributed by atoms with Crippen molar-refractivity contribution in [3.8, 4) is 11.5 Å². The number of thioether (sulfide) groups is 1.